The first-order chi connectivity index (χ1) is 13.7. The lowest BCUT2D eigenvalue weighted by Gasteiger charge is -2.36. The third-order valence-electron chi connectivity index (χ3n) is 5.22. The highest BCUT2D eigenvalue weighted by atomic mass is 16.9. The Morgan fingerprint density at radius 3 is 2.34 bits per heavy atom. The molecular formula is C20H25NO8. The molecule has 29 heavy (non-hydrogen) atoms. The van der Waals surface area contributed by atoms with Crippen molar-refractivity contribution in [3.05, 3.63) is 18.2 Å². The van der Waals surface area contributed by atoms with Crippen LogP contribution in [-0.4, -0.2) is 61.4 Å². The molecule has 3 fully saturated rings. The van der Waals surface area contributed by atoms with Gasteiger partial charge in [-0.2, -0.15) is 0 Å². The number of benzene rings is 1. The van der Waals surface area contributed by atoms with Crippen molar-refractivity contribution in [3.63, 3.8) is 0 Å². The average Bonchev–Trinajstić information content (AvgIpc) is 3.14. The Kier molecular flexibility index (Phi) is 4.31. The fourth-order valence-electron chi connectivity index (χ4n) is 4.16. The third kappa shape index (κ3) is 3.47. The lowest BCUT2D eigenvalue weighted by molar-refractivity contribution is -0.229. The van der Waals surface area contributed by atoms with Crippen LogP contribution in [0.2, 0.25) is 0 Å². The van der Waals surface area contributed by atoms with E-state index in [2.05, 4.69) is 5.32 Å². The molecule has 0 radical (unpaired) electrons. The van der Waals surface area contributed by atoms with E-state index in [0.717, 1.165) is 0 Å². The first-order valence-electron chi connectivity index (χ1n) is 9.78. The molecule has 158 valence electrons. The summed E-state index contributed by atoms with van der Waals surface area (Å²) in [6.45, 7) is 8.18. The zero-order valence-corrected chi connectivity index (χ0v) is 16.8. The highest BCUT2D eigenvalue weighted by Gasteiger charge is 2.62. The summed E-state index contributed by atoms with van der Waals surface area (Å²) in [5, 5.41) is 2.87. The molecule has 0 bridgehead atoms. The molecule has 0 saturated carbocycles. The minimum Gasteiger partial charge on any atom is -0.486 e. The summed E-state index contributed by atoms with van der Waals surface area (Å²) in [5.74, 6) is -0.813. The average molecular weight is 407 g/mol. The smallest absolute Gasteiger partial charge is 0.256 e. The van der Waals surface area contributed by atoms with Crippen LogP contribution in [0, 0.1) is 0 Å². The third-order valence-corrected chi connectivity index (χ3v) is 5.22. The fourth-order valence-corrected chi connectivity index (χ4v) is 4.16. The topological polar surface area (TPSA) is 93.7 Å². The van der Waals surface area contributed by atoms with Gasteiger partial charge in [0.15, 0.2) is 35.5 Å². The van der Waals surface area contributed by atoms with Gasteiger partial charge in [-0.25, -0.2) is 0 Å². The molecule has 0 aromatic heterocycles. The van der Waals surface area contributed by atoms with Gasteiger partial charge in [0.1, 0.15) is 31.5 Å². The lowest BCUT2D eigenvalue weighted by Crippen LogP contribution is -2.58. The van der Waals surface area contributed by atoms with Crippen molar-refractivity contribution in [2.24, 2.45) is 0 Å². The second-order valence-electron chi connectivity index (χ2n) is 8.44. The van der Waals surface area contributed by atoms with E-state index in [1.54, 1.807) is 45.9 Å². The molecule has 9 nitrogen and oxygen atoms in total. The van der Waals surface area contributed by atoms with Gasteiger partial charge in [0.05, 0.1) is 0 Å². The molecule has 9 heteroatoms. The Hall–Kier alpha value is -1.91. The van der Waals surface area contributed by atoms with Gasteiger partial charge in [-0.05, 0) is 39.8 Å². The number of anilines is 1. The summed E-state index contributed by atoms with van der Waals surface area (Å²) in [7, 11) is 0. The highest BCUT2D eigenvalue weighted by Crippen LogP contribution is 2.44. The Balaban J connectivity index is 1.37. The van der Waals surface area contributed by atoms with Crippen molar-refractivity contribution in [1.82, 2.24) is 0 Å². The summed E-state index contributed by atoms with van der Waals surface area (Å²) in [6.07, 6.45) is -3.23. The number of ether oxygens (including phenoxy) is 7. The maximum Gasteiger partial charge on any atom is 0.256 e. The maximum absolute atomic E-state index is 13.1. The van der Waals surface area contributed by atoms with Crippen LogP contribution >= 0.6 is 0 Å². The molecular weight excluding hydrogens is 382 g/mol. The van der Waals surface area contributed by atoms with Crippen molar-refractivity contribution in [1.29, 1.82) is 0 Å². The summed E-state index contributed by atoms with van der Waals surface area (Å²) in [4.78, 5) is 13.1. The van der Waals surface area contributed by atoms with E-state index in [9.17, 15) is 4.79 Å². The zero-order chi connectivity index (χ0) is 20.4. The summed E-state index contributed by atoms with van der Waals surface area (Å²) in [6, 6.07) is 5.24. The van der Waals surface area contributed by atoms with Crippen molar-refractivity contribution in [2.75, 3.05) is 18.5 Å². The van der Waals surface area contributed by atoms with Crippen LogP contribution in [-0.2, 0) is 28.5 Å². The first kappa shape index (κ1) is 19.1. The van der Waals surface area contributed by atoms with Gasteiger partial charge in [-0.15, -0.1) is 0 Å². The van der Waals surface area contributed by atoms with Gasteiger partial charge in [-0.1, -0.05) is 0 Å². The predicted molar refractivity (Wildman–Crippen MR) is 98.6 cm³/mol. The Morgan fingerprint density at radius 1 is 0.897 bits per heavy atom. The number of rotatable bonds is 2. The van der Waals surface area contributed by atoms with Gasteiger partial charge in [0.25, 0.3) is 5.91 Å². The zero-order valence-electron chi connectivity index (χ0n) is 16.8. The molecule has 1 aromatic carbocycles. The molecule has 3 saturated heterocycles. The molecule has 0 spiro atoms. The second-order valence-corrected chi connectivity index (χ2v) is 8.44. The standard InChI is InChI=1S/C20H25NO8/c1-19(2)26-13-14(27-19)16-18(29-20(3,4)28-16)25-15(13)17(22)21-10-5-6-11-12(9-10)24-8-7-23-11/h5-6,9,13-16,18H,7-8H2,1-4H3,(H,21,22)/t13-,14+,15-,16-,18+/m1/s1. The van der Waals surface area contributed by atoms with Crippen LogP contribution in [0.4, 0.5) is 5.69 Å². The molecule has 4 heterocycles. The summed E-state index contributed by atoms with van der Waals surface area (Å²) < 4.78 is 40.9. The Morgan fingerprint density at radius 2 is 1.55 bits per heavy atom. The normalized spacial score (nSPS) is 36.2. The van der Waals surface area contributed by atoms with Crippen LogP contribution in [0.1, 0.15) is 27.7 Å². The van der Waals surface area contributed by atoms with Crippen LogP contribution in [0.25, 0.3) is 0 Å². The van der Waals surface area contributed by atoms with Crippen molar-refractivity contribution in [2.45, 2.75) is 70.0 Å². The van der Waals surface area contributed by atoms with E-state index in [1.165, 1.54) is 0 Å². The van der Waals surface area contributed by atoms with Crippen molar-refractivity contribution >= 4 is 11.6 Å². The van der Waals surface area contributed by atoms with Crippen molar-refractivity contribution in [3.8, 4) is 11.5 Å². The number of amides is 1. The molecule has 4 aliphatic rings. The van der Waals surface area contributed by atoms with E-state index in [1.807, 2.05) is 0 Å². The molecule has 0 aliphatic carbocycles. The van der Waals surface area contributed by atoms with Gasteiger partial charge in [0, 0.05) is 11.8 Å². The second kappa shape index (κ2) is 6.55. The molecule has 1 N–H and O–H groups in total. The number of carbonyl (C=O) groups is 1. The maximum atomic E-state index is 13.1. The summed E-state index contributed by atoms with van der Waals surface area (Å²) in [5.41, 5.74) is 0.573. The number of fused-ring (bicyclic) bond motifs is 4. The predicted octanol–water partition coefficient (Wildman–Crippen LogP) is 1.79. The number of hydrogen-bond donors (Lipinski definition) is 1. The SMILES string of the molecule is CC1(C)O[C@H]2[C@@H](O1)[C@H](C(=O)Nc1ccc3c(c1)OCCO3)O[C@H]1OC(C)(C)O[C@@H]12. The van der Waals surface area contributed by atoms with Gasteiger partial charge in [-0.3, -0.25) is 4.79 Å². The summed E-state index contributed by atoms with van der Waals surface area (Å²) >= 11 is 0. The van der Waals surface area contributed by atoms with E-state index >= 15 is 0 Å². The highest BCUT2D eigenvalue weighted by molar-refractivity contribution is 5.95. The van der Waals surface area contributed by atoms with Crippen LogP contribution in [0.15, 0.2) is 18.2 Å². The molecule has 5 atom stereocenters. The fraction of sp³-hybridized carbons (Fsp3) is 0.650. The molecule has 1 aromatic rings. The minimum absolute atomic E-state index is 0.357. The van der Waals surface area contributed by atoms with Gasteiger partial charge < -0.3 is 38.5 Å². The Bertz CT molecular complexity index is 825. The number of nitrogens with one attached hydrogen (secondary N) is 1. The quantitative estimate of drug-likeness (QED) is 0.793. The van der Waals surface area contributed by atoms with Crippen molar-refractivity contribution < 1.29 is 38.0 Å². The minimum atomic E-state index is -0.922. The van der Waals surface area contributed by atoms with Gasteiger partial charge in [0.2, 0.25) is 0 Å². The number of hydrogen-bond acceptors (Lipinski definition) is 8. The molecule has 4 aliphatic heterocycles. The molecule has 0 unspecified atom stereocenters. The van der Waals surface area contributed by atoms with Crippen LogP contribution in [0.5, 0.6) is 11.5 Å². The molecule has 1 amide bonds. The van der Waals surface area contributed by atoms with Crippen LogP contribution < -0.4 is 14.8 Å². The number of carbonyl (C=O) groups excluding carboxylic acids is 1. The van der Waals surface area contributed by atoms with Gasteiger partial charge >= 0.3 is 0 Å². The monoisotopic (exact) mass is 407 g/mol. The largest absolute Gasteiger partial charge is 0.486 e. The lowest BCUT2D eigenvalue weighted by atomic mass is 9.98. The van der Waals surface area contributed by atoms with Crippen LogP contribution in [0.3, 0.4) is 0 Å². The van der Waals surface area contributed by atoms with E-state index in [-0.39, 0.29) is 5.91 Å². The Labute approximate surface area is 168 Å². The van der Waals surface area contributed by atoms with E-state index < -0.39 is 42.3 Å². The van der Waals surface area contributed by atoms with E-state index in [4.69, 9.17) is 33.2 Å². The first-order valence-corrected chi connectivity index (χ1v) is 9.78. The van der Waals surface area contributed by atoms with E-state index in [0.29, 0.717) is 30.4 Å². The molecule has 5 rings (SSSR count).